The van der Waals surface area contributed by atoms with Crippen molar-refractivity contribution in [3.63, 3.8) is 0 Å². The summed E-state index contributed by atoms with van der Waals surface area (Å²) in [6.45, 7) is 2.56. The maximum absolute atomic E-state index is 13.1. The van der Waals surface area contributed by atoms with Crippen LogP contribution in [0.5, 0.6) is 5.75 Å². The number of fused-ring (bicyclic) bond motifs is 1. The van der Waals surface area contributed by atoms with Crippen LogP contribution < -0.4 is 9.64 Å². The van der Waals surface area contributed by atoms with Gasteiger partial charge >= 0.3 is 0 Å². The SMILES string of the molecule is COc1ccc(-c2cnc3ncnn3c2N2CCCN(C(=O)c3cnn(C)c3Cl)CC2)cc1. The highest BCUT2D eigenvalue weighted by molar-refractivity contribution is 6.32. The number of anilines is 1. The van der Waals surface area contributed by atoms with Gasteiger partial charge in [-0.1, -0.05) is 23.7 Å². The van der Waals surface area contributed by atoms with E-state index in [0.717, 1.165) is 35.7 Å². The molecule has 0 N–H and O–H groups in total. The number of methoxy groups -OCH3 is 1. The molecule has 0 radical (unpaired) electrons. The second-order valence-corrected chi connectivity index (χ2v) is 8.16. The quantitative estimate of drug-likeness (QED) is 0.456. The fraction of sp³-hybridized carbons (Fsp3) is 0.318. The summed E-state index contributed by atoms with van der Waals surface area (Å²) in [5.41, 5.74) is 2.36. The molecule has 1 amide bonds. The molecule has 0 atom stereocenters. The van der Waals surface area contributed by atoms with Gasteiger partial charge in [0.15, 0.2) is 0 Å². The summed E-state index contributed by atoms with van der Waals surface area (Å²) in [4.78, 5) is 25.9. The van der Waals surface area contributed by atoms with Gasteiger partial charge in [-0.15, -0.1) is 0 Å². The van der Waals surface area contributed by atoms with E-state index in [1.54, 1.807) is 18.7 Å². The molecule has 170 valence electrons. The number of benzene rings is 1. The number of halogens is 1. The lowest BCUT2D eigenvalue weighted by atomic mass is 10.1. The van der Waals surface area contributed by atoms with Crippen molar-refractivity contribution in [2.45, 2.75) is 6.42 Å². The van der Waals surface area contributed by atoms with E-state index in [4.69, 9.17) is 16.3 Å². The van der Waals surface area contributed by atoms with Crippen molar-refractivity contribution in [1.29, 1.82) is 0 Å². The van der Waals surface area contributed by atoms with Crippen LogP contribution in [0.4, 0.5) is 5.82 Å². The minimum absolute atomic E-state index is 0.106. The minimum Gasteiger partial charge on any atom is -0.497 e. The molecule has 3 aromatic heterocycles. The van der Waals surface area contributed by atoms with Crippen molar-refractivity contribution < 1.29 is 9.53 Å². The van der Waals surface area contributed by atoms with E-state index >= 15 is 0 Å². The van der Waals surface area contributed by atoms with Crippen LogP contribution in [0.3, 0.4) is 0 Å². The minimum atomic E-state index is -0.106. The first-order valence-corrected chi connectivity index (χ1v) is 11.0. The van der Waals surface area contributed by atoms with Gasteiger partial charge in [-0.2, -0.15) is 19.7 Å². The summed E-state index contributed by atoms with van der Waals surface area (Å²) in [6, 6.07) is 7.84. The number of rotatable bonds is 4. The van der Waals surface area contributed by atoms with Gasteiger partial charge in [-0.3, -0.25) is 9.48 Å². The van der Waals surface area contributed by atoms with Crippen LogP contribution in [0.2, 0.25) is 5.15 Å². The smallest absolute Gasteiger partial charge is 0.258 e. The lowest BCUT2D eigenvalue weighted by Crippen LogP contribution is -2.36. The normalized spacial score (nSPS) is 14.5. The topological polar surface area (TPSA) is 93.7 Å². The molecule has 1 fully saturated rings. The zero-order valence-electron chi connectivity index (χ0n) is 18.3. The van der Waals surface area contributed by atoms with Crippen LogP contribution in [0.15, 0.2) is 43.0 Å². The number of hydrogen-bond acceptors (Lipinski definition) is 7. The first-order chi connectivity index (χ1) is 16.1. The fourth-order valence-corrected chi connectivity index (χ4v) is 4.29. The van der Waals surface area contributed by atoms with Gasteiger partial charge in [-0.25, -0.2) is 4.98 Å². The maximum Gasteiger partial charge on any atom is 0.258 e. The molecule has 10 nitrogen and oxygen atoms in total. The summed E-state index contributed by atoms with van der Waals surface area (Å²) in [5.74, 6) is 2.11. The van der Waals surface area contributed by atoms with E-state index in [2.05, 4.69) is 25.1 Å². The van der Waals surface area contributed by atoms with Crippen LogP contribution >= 0.6 is 11.6 Å². The highest BCUT2D eigenvalue weighted by Gasteiger charge is 2.26. The summed E-state index contributed by atoms with van der Waals surface area (Å²) in [7, 11) is 3.36. The summed E-state index contributed by atoms with van der Waals surface area (Å²) < 4.78 is 8.56. The van der Waals surface area contributed by atoms with E-state index < -0.39 is 0 Å². The monoisotopic (exact) mass is 466 g/mol. The molecule has 1 aliphatic rings. The van der Waals surface area contributed by atoms with Crippen molar-refractivity contribution in [3.8, 4) is 16.9 Å². The number of ether oxygens (including phenoxy) is 1. The van der Waals surface area contributed by atoms with Crippen LogP contribution in [-0.4, -0.2) is 73.5 Å². The fourth-order valence-electron chi connectivity index (χ4n) is 4.11. The predicted molar refractivity (Wildman–Crippen MR) is 124 cm³/mol. The summed E-state index contributed by atoms with van der Waals surface area (Å²) in [6.07, 6.45) is 5.65. The zero-order chi connectivity index (χ0) is 22.9. The van der Waals surface area contributed by atoms with Gasteiger partial charge in [0.1, 0.15) is 23.0 Å². The molecule has 0 spiro atoms. The van der Waals surface area contributed by atoms with Gasteiger partial charge < -0.3 is 14.5 Å². The Morgan fingerprint density at radius 2 is 1.85 bits per heavy atom. The lowest BCUT2D eigenvalue weighted by molar-refractivity contribution is 0.0767. The Bertz CT molecular complexity index is 1300. The Morgan fingerprint density at radius 1 is 1.03 bits per heavy atom. The largest absolute Gasteiger partial charge is 0.497 e. The van der Waals surface area contributed by atoms with E-state index in [0.29, 0.717) is 36.1 Å². The second-order valence-electron chi connectivity index (χ2n) is 7.80. The van der Waals surface area contributed by atoms with E-state index in [1.165, 1.54) is 17.2 Å². The summed E-state index contributed by atoms with van der Waals surface area (Å²) in [5, 5.41) is 8.87. The zero-order valence-corrected chi connectivity index (χ0v) is 19.1. The van der Waals surface area contributed by atoms with E-state index in [9.17, 15) is 4.79 Å². The highest BCUT2D eigenvalue weighted by Crippen LogP contribution is 2.32. The molecule has 33 heavy (non-hydrogen) atoms. The van der Waals surface area contributed by atoms with Crippen molar-refractivity contribution in [1.82, 2.24) is 34.3 Å². The van der Waals surface area contributed by atoms with Crippen molar-refractivity contribution in [2.24, 2.45) is 7.05 Å². The van der Waals surface area contributed by atoms with E-state index in [1.807, 2.05) is 35.4 Å². The van der Waals surface area contributed by atoms with Crippen LogP contribution in [0.1, 0.15) is 16.8 Å². The number of carbonyl (C=O) groups is 1. The number of carbonyl (C=O) groups excluding carboxylic acids is 1. The standard InChI is InChI=1S/C22H23ClN8O2/c1-28-19(23)18(13-26-28)21(32)30-9-3-8-29(10-11-30)20-17(12-24-22-25-14-27-31(20)22)15-4-6-16(33-2)7-5-15/h4-7,12-14H,3,8-11H2,1-2H3. The number of aromatic nitrogens is 6. The third kappa shape index (κ3) is 3.86. The number of hydrogen-bond donors (Lipinski definition) is 0. The Kier molecular flexibility index (Phi) is 5.59. The highest BCUT2D eigenvalue weighted by atomic mass is 35.5. The van der Waals surface area contributed by atoms with Gasteiger partial charge in [0.05, 0.1) is 18.9 Å². The van der Waals surface area contributed by atoms with Crippen LogP contribution in [0, 0.1) is 0 Å². The Morgan fingerprint density at radius 3 is 2.58 bits per heavy atom. The molecule has 4 aromatic rings. The number of amides is 1. The molecule has 1 saturated heterocycles. The maximum atomic E-state index is 13.1. The third-order valence-electron chi connectivity index (χ3n) is 5.86. The van der Waals surface area contributed by atoms with Crippen LogP contribution in [0.25, 0.3) is 16.9 Å². The first-order valence-electron chi connectivity index (χ1n) is 10.6. The van der Waals surface area contributed by atoms with Gasteiger partial charge in [0.2, 0.25) is 0 Å². The average Bonchev–Trinajstić information content (AvgIpc) is 3.36. The molecule has 0 aliphatic carbocycles. The molecule has 1 aliphatic heterocycles. The van der Waals surface area contributed by atoms with Gasteiger partial charge in [0, 0.05) is 45.0 Å². The molecule has 0 bridgehead atoms. The van der Waals surface area contributed by atoms with Crippen molar-refractivity contribution in [2.75, 3.05) is 38.2 Å². The second kappa shape index (κ2) is 8.70. The number of nitrogens with zero attached hydrogens (tertiary/aromatic N) is 8. The molecular weight excluding hydrogens is 444 g/mol. The van der Waals surface area contributed by atoms with Crippen molar-refractivity contribution in [3.05, 3.63) is 53.7 Å². The molecule has 1 aromatic carbocycles. The van der Waals surface area contributed by atoms with E-state index in [-0.39, 0.29) is 5.91 Å². The van der Waals surface area contributed by atoms with Gasteiger partial charge in [0.25, 0.3) is 11.7 Å². The molecule has 11 heteroatoms. The molecular formula is C22H23ClN8O2. The van der Waals surface area contributed by atoms with Crippen LogP contribution in [-0.2, 0) is 7.05 Å². The molecule has 5 rings (SSSR count). The lowest BCUT2D eigenvalue weighted by Gasteiger charge is -2.26. The summed E-state index contributed by atoms with van der Waals surface area (Å²) >= 11 is 6.26. The molecule has 0 saturated carbocycles. The molecule has 4 heterocycles. The molecule has 0 unspecified atom stereocenters. The Balaban J connectivity index is 1.47. The average molecular weight is 467 g/mol. The van der Waals surface area contributed by atoms with Gasteiger partial charge in [-0.05, 0) is 24.1 Å². The first kappa shape index (κ1) is 21.2. The van der Waals surface area contributed by atoms with Crippen molar-refractivity contribution >= 4 is 29.1 Å². The third-order valence-corrected chi connectivity index (χ3v) is 6.31. The Hall–Kier alpha value is -3.66. The number of aryl methyl sites for hydroxylation is 1. The Labute approximate surface area is 195 Å². The predicted octanol–water partition coefficient (Wildman–Crippen LogP) is 2.54.